The van der Waals surface area contributed by atoms with Gasteiger partial charge >= 0.3 is 0 Å². The monoisotopic (exact) mass is 348 g/mol. The van der Waals surface area contributed by atoms with Gasteiger partial charge in [-0.3, -0.25) is 4.57 Å². The van der Waals surface area contributed by atoms with Crippen LogP contribution < -0.4 is 0 Å². The Morgan fingerprint density at radius 3 is 2.36 bits per heavy atom. The molecule has 3 heteroatoms. The number of fused-ring (bicyclic) bond motifs is 1. The predicted octanol–water partition coefficient (Wildman–Crippen LogP) is 5.46. The van der Waals surface area contributed by atoms with Crippen molar-refractivity contribution in [3.8, 4) is 16.8 Å². The Balaban J connectivity index is 1.95. The molecule has 4 aromatic rings. The largest absolute Gasteiger partial charge is 0.298 e. The molecule has 1 heterocycles. The quantitative estimate of drug-likeness (QED) is 0.470. The number of hydrogen-bond acceptors (Lipinski definition) is 1. The zero-order valence-corrected chi connectivity index (χ0v) is 13.4. The average Bonchev–Trinajstić information content (AvgIpc) is 3.00. The van der Waals surface area contributed by atoms with Crippen LogP contribution in [0.5, 0.6) is 0 Å². The highest BCUT2D eigenvalue weighted by molar-refractivity contribution is 9.10. The minimum atomic E-state index is 1.01. The normalized spacial score (nSPS) is 11.0. The molecule has 0 saturated heterocycles. The lowest BCUT2D eigenvalue weighted by Gasteiger charge is -2.11. The number of nitrogens with zero attached hydrogens (tertiary/aromatic N) is 2. The van der Waals surface area contributed by atoms with Gasteiger partial charge in [-0.15, -0.1) is 0 Å². The number of benzene rings is 3. The minimum Gasteiger partial charge on any atom is -0.298 e. The molecule has 3 aromatic carbocycles. The van der Waals surface area contributed by atoms with E-state index in [-0.39, 0.29) is 0 Å². The van der Waals surface area contributed by atoms with E-state index >= 15 is 0 Å². The maximum atomic E-state index is 4.50. The van der Waals surface area contributed by atoms with Crippen molar-refractivity contribution < 1.29 is 0 Å². The molecule has 0 N–H and O–H groups in total. The molecule has 0 unspecified atom stereocenters. The van der Waals surface area contributed by atoms with Crippen molar-refractivity contribution in [2.75, 3.05) is 0 Å². The number of para-hydroxylation sites is 3. The van der Waals surface area contributed by atoms with Crippen LogP contribution in [0.2, 0.25) is 0 Å². The highest BCUT2D eigenvalue weighted by Crippen LogP contribution is 2.29. The van der Waals surface area contributed by atoms with Gasteiger partial charge in [0.2, 0.25) is 0 Å². The topological polar surface area (TPSA) is 17.8 Å². The van der Waals surface area contributed by atoms with Crippen LogP contribution in [0.3, 0.4) is 0 Å². The molecular formula is C19H13BrN2. The molecule has 0 atom stereocenters. The van der Waals surface area contributed by atoms with Gasteiger partial charge in [-0.05, 0) is 35.9 Å². The van der Waals surface area contributed by atoms with Gasteiger partial charge < -0.3 is 0 Å². The fourth-order valence-corrected chi connectivity index (χ4v) is 2.97. The van der Waals surface area contributed by atoms with E-state index < -0.39 is 0 Å². The number of imidazole rings is 1. The Hall–Kier alpha value is -2.39. The van der Waals surface area contributed by atoms with Crippen LogP contribution in [0.25, 0.3) is 27.8 Å². The van der Waals surface area contributed by atoms with Crippen LogP contribution in [-0.2, 0) is 0 Å². The molecule has 2 nitrogen and oxygen atoms in total. The lowest BCUT2D eigenvalue weighted by atomic mass is 10.0. The first kappa shape index (κ1) is 13.3. The summed E-state index contributed by atoms with van der Waals surface area (Å²) in [5.41, 5.74) is 5.65. The van der Waals surface area contributed by atoms with E-state index in [4.69, 9.17) is 0 Å². The summed E-state index contributed by atoms with van der Waals surface area (Å²) < 4.78 is 3.23. The Labute approximate surface area is 137 Å². The summed E-state index contributed by atoms with van der Waals surface area (Å²) in [7, 11) is 0. The number of halogens is 1. The van der Waals surface area contributed by atoms with Crippen molar-refractivity contribution in [3.63, 3.8) is 0 Å². The maximum Gasteiger partial charge on any atom is 0.100 e. The molecule has 0 spiro atoms. The molecular weight excluding hydrogens is 336 g/mol. The summed E-state index contributed by atoms with van der Waals surface area (Å²) >= 11 is 3.49. The van der Waals surface area contributed by atoms with E-state index in [1.54, 1.807) is 0 Å². The maximum absolute atomic E-state index is 4.50. The molecule has 0 saturated carbocycles. The van der Waals surface area contributed by atoms with Crippen molar-refractivity contribution in [2.24, 2.45) is 0 Å². The van der Waals surface area contributed by atoms with E-state index in [2.05, 4.69) is 80.1 Å². The van der Waals surface area contributed by atoms with Crippen molar-refractivity contribution in [3.05, 3.63) is 83.6 Å². The Bertz CT molecular complexity index is 939. The highest BCUT2D eigenvalue weighted by Gasteiger charge is 2.09. The molecule has 0 aliphatic carbocycles. The van der Waals surface area contributed by atoms with Crippen LogP contribution in [0.1, 0.15) is 0 Å². The van der Waals surface area contributed by atoms with Crippen molar-refractivity contribution in [1.82, 2.24) is 9.55 Å². The van der Waals surface area contributed by atoms with Gasteiger partial charge in [0.05, 0.1) is 16.7 Å². The predicted molar refractivity (Wildman–Crippen MR) is 94.2 cm³/mol. The summed E-state index contributed by atoms with van der Waals surface area (Å²) in [4.78, 5) is 4.50. The SMILES string of the molecule is Brc1ccc(-c2ccccc2-n2cnc3ccccc32)cc1. The molecule has 0 aliphatic rings. The van der Waals surface area contributed by atoms with Gasteiger partial charge in [-0.1, -0.05) is 58.4 Å². The number of aromatic nitrogens is 2. The summed E-state index contributed by atoms with van der Waals surface area (Å²) in [6.45, 7) is 0. The van der Waals surface area contributed by atoms with E-state index in [0.717, 1.165) is 21.2 Å². The third-order valence-electron chi connectivity index (χ3n) is 3.77. The summed E-state index contributed by atoms with van der Waals surface area (Å²) in [6.07, 6.45) is 1.89. The van der Waals surface area contributed by atoms with Gasteiger partial charge in [0.15, 0.2) is 0 Å². The smallest absolute Gasteiger partial charge is 0.100 e. The molecule has 106 valence electrons. The van der Waals surface area contributed by atoms with Crippen molar-refractivity contribution in [1.29, 1.82) is 0 Å². The molecule has 0 aliphatic heterocycles. The second kappa shape index (κ2) is 5.43. The van der Waals surface area contributed by atoms with Crippen molar-refractivity contribution >= 4 is 27.0 Å². The molecule has 0 fully saturated rings. The summed E-state index contributed by atoms with van der Waals surface area (Å²) in [5, 5.41) is 0. The Kier molecular flexibility index (Phi) is 3.28. The fraction of sp³-hybridized carbons (Fsp3) is 0. The van der Waals surface area contributed by atoms with E-state index in [1.165, 1.54) is 11.1 Å². The van der Waals surface area contributed by atoms with Crippen LogP contribution in [0.4, 0.5) is 0 Å². The van der Waals surface area contributed by atoms with E-state index in [9.17, 15) is 0 Å². The Morgan fingerprint density at radius 1 is 0.773 bits per heavy atom. The zero-order chi connectivity index (χ0) is 14.9. The first-order chi connectivity index (χ1) is 10.8. The third kappa shape index (κ3) is 2.24. The van der Waals surface area contributed by atoms with Gasteiger partial charge in [0.1, 0.15) is 6.33 Å². The first-order valence-corrected chi connectivity index (χ1v) is 7.90. The second-order valence-corrected chi connectivity index (χ2v) is 6.04. The molecule has 1 aromatic heterocycles. The Morgan fingerprint density at radius 2 is 1.50 bits per heavy atom. The lowest BCUT2D eigenvalue weighted by Crippen LogP contribution is -1.95. The second-order valence-electron chi connectivity index (χ2n) is 5.13. The van der Waals surface area contributed by atoms with Gasteiger partial charge in [-0.25, -0.2) is 4.98 Å². The minimum absolute atomic E-state index is 1.01. The van der Waals surface area contributed by atoms with Crippen molar-refractivity contribution in [2.45, 2.75) is 0 Å². The highest BCUT2D eigenvalue weighted by atomic mass is 79.9. The van der Waals surface area contributed by atoms with Crippen LogP contribution >= 0.6 is 15.9 Å². The van der Waals surface area contributed by atoms with Crippen LogP contribution in [0.15, 0.2) is 83.6 Å². The molecule has 22 heavy (non-hydrogen) atoms. The van der Waals surface area contributed by atoms with Gasteiger partial charge in [-0.2, -0.15) is 0 Å². The average molecular weight is 349 g/mol. The first-order valence-electron chi connectivity index (χ1n) is 7.10. The molecule has 4 rings (SSSR count). The number of rotatable bonds is 2. The molecule has 0 radical (unpaired) electrons. The standard InChI is InChI=1S/C19H13BrN2/c20-15-11-9-14(10-12-15)16-5-1-3-7-18(16)22-13-21-17-6-2-4-8-19(17)22/h1-13H. The van der Waals surface area contributed by atoms with Crippen LogP contribution in [0, 0.1) is 0 Å². The third-order valence-corrected chi connectivity index (χ3v) is 4.30. The fourth-order valence-electron chi connectivity index (χ4n) is 2.71. The summed E-state index contributed by atoms with van der Waals surface area (Å²) in [5.74, 6) is 0. The zero-order valence-electron chi connectivity index (χ0n) is 11.8. The van der Waals surface area contributed by atoms with Crippen LogP contribution in [-0.4, -0.2) is 9.55 Å². The van der Waals surface area contributed by atoms with Gasteiger partial charge in [0, 0.05) is 10.0 Å². The lowest BCUT2D eigenvalue weighted by molar-refractivity contribution is 1.09. The molecule has 0 amide bonds. The van der Waals surface area contributed by atoms with Gasteiger partial charge in [0.25, 0.3) is 0 Å². The number of hydrogen-bond donors (Lipinski definition) is 0. The summed E-state index contributed by atoms with van der Waals surface area (Å²) in [6, 6.07) is 25.0. The van der Waals surface area contributed by atoms with E-state index in [0.29, 0.717) is 0 Å². The van der Waals surface area contributed by atoms with E-state index in [1.807, 2.05) is 24.5 Å². The molecule has 0 bridgehead atoms.